The molecular formula is C25H26N2O7S. The molecule has 0 spiro atoms. The lowest BCUT2D eigenvalue weighted by Crippen LogP contribution is -2.83. The highest BCUT2D eigenvalue weighted by Crippen LogP contribution is 2.46. The van der Waals surface area contributed by atoms with Crippen LogP contribution < -0.4 is 14.8 Å². The molecule has 0 saturated carbocycles. The van der Waals surface area contributed by atoms with E-state index in [1.54, 1.807) is 55.6 Å². The normalized spacial score (nSPS) is 23.1. The van der Waals surface area contributed by atoms with Crippen LogP contribution in [0.2, 0.25) is 0 Å². The third kappa shape index (κ3) is 4.85. The van der Waals surface area contributed by atoms with Crippen LogP contribution in [0.3, 0.4) is 0 Å². The van der Waals surface area contributed by atoms with Gasteiger partial charge in [-0.3, -0.25) is 9.59 Å². The smallest absolute Gasteiger partial charge is 0.333 e. The summed E-state index contributed by atoms with van der Waals surface area (Å²) in [5, 5.41) is 2.03. The van der Waals surface area contributed by atoms with Crippen LogP contribution in [0.1, 0.15) is 5.56 Å². The van der Waals surface area contributed by atoms with Gasteiger partial charge in [0.2, 0.25) is 0 Å². The average Bonchev–Trinajstić information content (AvgIpc) is 2.89. The van der Waals surface area contributed by atoms with E-state index in [4.69, 9.17) is 18.9 Å². The van der Waals surface area contributed by atoms with Gasteiger partial charge in [0.05, 0.1) is 7.11 Å². The van der Waals surface area contributed by atoms with E-state index in [1.807, 2.05) is 6.07 Å². The van der Waals surface area contributed by atoms with Crippen LogP contribution in [-0.2, 0) is 30.5 Å². The molecule has 2 aromatic carbocycles. The van der Waals surface area contributed by atoms with Gasteiger partial charge in [0.15, 0.2) is 12.6 Å². The molecule has 2 fully saturated rings. The first-order valence-electron chi connectivity index (χ1n) is 10.8. The summed E-state index contributed by atoms with van der Waals surface area (Å²) in [6, 6.07) is 15.0. The number of esters is 1. The Morgan fingerprint density at radius 3 is 2.49 bits per heavy atom. The van der Waals surface area contributed by atoms with Gasteiger partial charge in [-0.2, -0.15) is 0 Å². The highest BCUT2D eigenvalue weighted by Gasteiger charge is 2.68. The van der Waals surface area contributed by atoms with Crippen LogP contribution in [0.15, 0.2) is 66.7 Å². The third-order valence-corrected chi connectivity index (χ3v) is 7.18. The maximum Gasteiger partial charge on any atom is 0.333 e. The predicted octanol–water partition coefficient (Wildman–Crippen LogP) is 2.12. The second kappa shape index (κ2) is 10.4. The monoisotopic (exact) mass is 498 g/mol. The van der Waals surface area contributed by atoms with Gasteiger partial charge in [0.25, 0.3) is 17.5 Å². The Bertz CT molecular complexity index is 1110. The Labute approximate surface area is 207 Å². The zero-order chi connectivity index (χ0) is 25.0. The molecule has 2 amide bonds. The van der Waals surface area contributed by atoms with Crippen molar-refractivity contribution in [1.82, 2.24) is 10.2 Å². The van der Waals surface area contributed by atoms with E-state index < -0.39 is 34.9 Å². The maximum atomic E-state index is 13.2. The second-order valence-electron chi connectivity index (χ2n) is 7.98. The van der Waals surface area contributed by atoms with Crippen LogP contribution in [0.4, 0.5) is 0 Å². The molecule has 0 aromatic heterocycles. The number of nitrogens with one attached hydrogen (secondary N) is 1. The Morgan fingerprint density at radius 1 is 1.11 bits per heavy atom. The van der Waals surface area contributed by atoms with Crippen LogP contribution >= 0.6 is 11.8 Å². The largest absolute Gasteiger partial charge is 0.497 e. The summed E-state index contributed by atoms with van der Waals surface area (Å²) in [4.78, 5) is 40.1. The molecule has 10 heteroatoms. The maximum absolute atomic E-state index is 13.2. The highest BCUT2D eigenvalue weighted by atomic mass is 32.2. The molecule has 2 unspecified atom stereocenters. The van der Waals surface area contributed by atoms with Crippen LogP contribution in [-0.4, -0.2) is 66.4 Å². The fraction of sp³-hybridized carbons (Fsp3) is 0.320. The van der Waals surface area contributed by atoms with Gasteiger partial charge in [0.1, 0.15) is 23.5 Å². The van der Waals surface area contributed by atoms with Crippen molar-refractivity contribution in [2.45, 2.75) is 23.7 Å². The second-order valence-corrected chi connectivity index (χ2v) is 9.05. The molecule has 1 N–H and O–H groups in total. The lowest BCUT2D eigenvalue weighted by atomic mass is 9.95. The molecule has 4 rings (SSSR count). The lowest BCUT2D eigenvalue weighted by Gasteiger charge is -2.58. The third-order valence-electron chi connectivity index (χ3n) is 5.77. The van der Waals surface area contributed by atoms with E-state index in [0.717, 1.165) is 5.56 Å². The zero-order valence-corrected chi connectivity index (χ0v) is 20.2. The lowest BCUT2D eigenvalue weighted by molar-refractivity contribution is -0.203. The van der Waals surface area contributed by atoms with Crippen LogP contribution in [0.5, 0.6) is 11.5 Å². The molecule has 2 saturated heterocycles. The molecule has 0 bridgehead atoms. The Kier molecular flexibility index (Phi) is 7.32. The molecule has 3 atom stereocenters. The van der Waals surface area contributed by atoms with Gasteiger partial charge >= 0.3 is 5.97 Å². The number of fused-ring (bicyclic) bond motifs is 1. The number of ether oxygens (including phenoxy) is 4. The number of benzene rings is 2. The quantitative estimate of drug-likeness (QED) is 0.243. The number of thioether (sulfide) groups is 1. The molecular weight excluding hydrogens is 472 g/mol. The summed E-state index contributed by atoms with van der Waals surface area (Å²) < 4.78 is 21.6. The number of nitrogens with zero attached hydrogens (tertiary/aromatic N) is 1. The Hall–Kier alpha value is -3.50. The Balaban J connectivity index is 1.40. The summed E-state index contributed by atoms with van der Waals surface area (Å²) in [5.41, 5.74) is -0.280. The number of rotatable bonds is 9. The van der Waals surface area contributed by atoms with E-state index in [9.17, 15) is 14.4 Å². The fourth-order valence-corrected chi connectivity index (χ4v) is 5.34. The van der Waals surface area contributed by atoms with Crippen molar-refractivity contribution >= 4 is 29.5 Å². The van der Waals surface area contributed by atoms with Gasteiger partial charge < -0.3 is 29.2 Å². The minimum Gasteiger partial charge on any atom is -0.497 e. The van der Waals surface area contributed by atoms with E-state index in [1.165, 1.54) is 23.8 Å². The molecule has 0 aliphatic carbocycles. The molecule has 0 radical (unpaired) electrons. The molecule has 184 valence electrons. The van der Waals surface area contributed by atoms with Gasteiger partial charge in [-0.05, 0) is 35.4 Å². The number of carbonyl (C=O) groups is 3. The van der Waals surface area contributed by atoms with E-state index in [2.05, 4.69) is 11.9 Å². The summed E-state index contributed by atoms with van der Waals surface area (Å²) in [6.45, 7) is 3.71. The fourth-order valence-electron chi connectivity index (χ4n) is 3.94. The average molecular weight is 499 g/mol. The van der Waals surface area contributed by atoms with Crippen molar-refractivity contribution in [2.24, 2.45) is 0 Å². The molecule has 9 nitrogen and oxygen atoms in total. The number of hydrogen-bond acceptors (Lipinski definition) is 8. The van der Waals surface area contributed by atoms with Gasteiger partial charge in [-0.15, -0.1) is 11.8 Å². The molecule has 2 aliphatic heterocycles. The molecule has 2 heterocycles. The number of hydrogen-bond donors (Lipinski definition) is 1. The molecule has 2 aliphatic rings. The first kappa shape index (κ1) is 24.6. The number of carbonyl (C=O) groups excluding carboxylic acids is 3. The zero-order valence-electron chi connectivity index (χ0n) is 19.4. The SMILES string of the molecule is C=C1CS[C@@H]2N(C(=O)C2(NC(=O)COc2ccccc2)OC)C1C(=O)OCc1ccc(OC)cc1. The predicted molar refractivity (Wildman–Crippen MR) is 129 cm³/mol. The summed E-state index contributed by atoms with van der Waals surface area (Å²) in [7, 11) is 2.91. The summed E-state index contributed by atoms with van der Waals surface area (Å²) >= 11 is 1.36. The number of β-lactam (4-membered cyclic amide) rings is 1. The van der Waals surface area contributed by atoms with Gasteiger partial charge in [-0.25, -0.2) is 4.79 Å². The van der Waals surface area contributed by atoms with E-state index in [-0.39, 0.29) is 13.2 Å². The standard InChI is InChI=1S/C25H26N2O7S/c1-16-15-35-24-25(32-3,26-20(28)14-33-19-7-5-4-6-8-19)23(30)27(24)21(16)22(29)34-13-17-9-11-18(31-2)12-10-17/h4-12,21,24H,1,13-15H2,2-3H3,(H,26,28)/t21?,24-,25?/m0/s1. The number of methoxy groups -OCH3 is 2. The van der Waals surface area contributed by atoms with Crippen molar-refractivity contribution in [3.05, 3.63) is 72.3 Å². The van der Waals surface area contributed by atoms with Gasteiger partial charge in [0, 0.05) is 12.9 Å². The molecule has 35 heavy (non-hydrogen) atoms. The molecule has 2 aromatic rings. The number of amides is 2. The van der Waals surface area contributed by atoms with Crippen LogP contribution in [0.25, 0.3) is 0 Å². The van der Waals surface area contributed by atoms with E-state index in [0.29, 0.717) is 22.8 Å². The van der Waals surface area contributed by atoms with Crippen molar-refractivity contribution in [1.29, 1.82) is 0 Å². The minimum absolute atomic E-state index is 0.0371. The Morgan fingerprint density at radius 2 is 1.83 bits per heavy atom. The highest BCUT2D eigenvalue weighted by molar-refractivity contribution is 8.00. The van der Waals surface area contributed by atoms with Crippen molar-refractivity contribution in [3.8, 4) is 11.5 Å². The topological polar surface area (TPSA) is 103 Å². The first-order valence-corrected chi connectivity index (χ1v) is 11.9. The van der Waals surface area contributed by atoms with Crippen molar-refractivity contribution < 1.29 is 33.3 Å². The van der Waals surface area contributed by atoms with E-state index >= 15 is 0 Å². The summed E-state index contributed by atoms with van der Waals surface area (Å²) in [6.07, 6.45) is 0. The first-order chi connectivity index (χ1) is 16.9. The van der Waals surface area contributed by atoms with Crippen molar-refractivity contribution in [2.75, 3.05) is 26.6 Å². The number of para-hydroxylation sites is 1. The summed E-state index contributed by atoms with van der Waals surface area (Å²) in [5.74, 6) is -0.0336. The van der Waals surface area contributed by atoms with Crippen LogP contribution in [0, 0.1) is 0 Å². The van der Waals surface area contributed by atoms with Crippen molar-refractivity contribution in [3.63, 3.8) is 0 Å². The van der Waals surface area contributed by atoms with Gasteiger partial charge in [-0.1, -0.05) is 36.9 Å². The minimum atomic E-state index is -1.60.